The second-order valence-corrected chi connectivity index (χ2v) is 9.42. The van der Waals surface area contributed by atoms with E-state index in [1.54, 1.807) is 33.8 Å². The lowest BCUT2D eigenvalue weighted by molar-refractivity contribution is 0.0746. The van der Waals surface area contributed by atoms with E-state index in [1.165, 1.54) is 6.26 Å². The van der Waals surface area contributed by atoms with Gasteiger partial charge in [-0.05, 0) is 40.3 Å². The zero-order valence-corrected chi connectivity index (χ0v) is 17.4. The number of carbonyl (C=O) groups is 1. The van der Waals surface area contributed by atoms with Gasteiger partial charge in [-0.25, -0.2) is 8.42 Å². The summed E-state index contributed by atoms with van der Waals surface area (Å²) >= 11 is 0. The number of tetrazole rings is 1. The monoisotopic (exact) mass is 426 g/mol. The topological polar surface area (TPSA) is 101 Å². The molecule has 2 aromatic carbocycles. The molecule has 1 aliphatic heterocycles. The van der Waals surface area contributed by atoms with Gasteiger partial charge in [0.15, 0.2) is 9.84 Å². The second-order valence-electron chi connectivity index (χ2n) is 7.28. The van der Waals surface area contributed by atoms with Crippen molar-refractivity contribution in [1.82, 2.24) is 25.1 Å². The molecular weight excluding hydrogens is 404 g/mol. The summed E-state index contributed by atoms with van der Waals surface area (Å²) in [6.07, 6.45) is 1.18. The minimum absolute atomic E-state index is 0.0793. The Morgan fingerprint density at radius 1 is 1.00 bits per heavy atom. The molecule has 10 heteroatoms. The summed E-state index contributed by atoms with van der Waals surface area (Å²) in [7, 11) is -3.16. The van der Waals surface area contributed by atoms with Crippen LogP contribution in [0.4, 0.5) is 5.95 Å². The van der Waals surface area contributed by atoms with Crippen molar-refractivity contribution in [2.24, 2.45) is 0 Å². The fraction of sp³-hybridized carbons (Fsp3) is 0.300. The average molecular weight is 427 g/mol. The van der Waals surface area contributed by atoms with Crippen LogP contribution in [0.3, 0.4) is 0 Å². The molecule has 156 valence electrons. The summed E-state index contributed by atoms with van der Waals surface area (Å²) in [5.74, 6) is 0.459. The normalized spacial score (nSPS) is 14.7. The fourth-order valence-electron chi connectivity index (χ4n) is 3.50. The van der Waals surface area contributed by atoms with Crippen molar-refractivity contribution < 1.29 is 13.2 Å². The molecule has 30 heavy (non-hydrogen) atoms. The van der Waals surface area contributed by atoms with E-state index >= 15 is 0 Å². The van der Waals surface area contributed by atoms with E-state index in [4.69, 9.17) is 0 Å². The van der Waals surface area contributed by atoms with Crippen molar-refractivity contribution in [2.45, 2.75) is 5.75 Å². The van der Waals surface area contributed by atoms with E-state index < -0.39 is 9.84 Å². The van der Waals surface area contributed by atoms with E-state index in [1.807, 2.05) is 30.3 Å². The van der Waals surface area contributed by atoms with Crippen molar-refractivity contribution in [3.63, 3.8) is 0 Å². The number of anilines is 1. The number of hydrogen-bond acceptors (Lipinski definition) is 7. The van der Waals surface area contributed by atoms with Crippen LogP contribution in [0.1, 0.15) is 15.9 Å². The first-order valence-corrected chi connectivity index (χ1v) is 11.6. The van der Waals surface area contributed by atoms with E-state index in [2.05, 4.69) is 20.4 Å². The smallest absolute Gasteiger partial charge is 0.253 e. The van der Waals surface area contributed by atoms with E-state index in [-0.39, 0.29) is 11.7 Å². The largest absolute Gasteiger partial charge is 0.336 e. The molecule has 0 aliphatic carbocycles. The third-order valence-corrected chi connectivity index (χ3v) is 5.76. The van der Waals surface area contributed by atoms with Crippen LogP contribution in [0.2, 0.25) is 0 Å². The first-order valence-electron chi connectivity index (χ1n) is 9.55. The van der Waals surface area contributed by atoms with Crippen LogP contribution >= 0.6 is 0 Å². The number of hydrogen-bond donors (Lipinski definition) is 0. The number of para-hydroxylation sites is 1. The first kappa shape index (κ1) is 20.0. The van der Waals surface area contributed by atoms with E-state index in [0.717, 1.165) is 5.69 Å². The third kappa shape index (κ3) is 4.48. The lowest BCUT2D eigenvalue weighted by atomic mass is 10.1. The number of piperazine rings is 1. The zero-order valence-electron chi connectivity index (χ0n) is 16.5. The molecule has 3 aromatic rings. The highest BCUT2D eigenvalue weighted by Crippen LogP contribution is 2.18. The van der Waals surface area contributed by atoms with Crippen LogP contribution in [-0.4, -0.2) is 71.9 Å². The van der Waals surface area contributed by atoms with Crippen LogP contribution in [0.5, 0.6) is 0 Å². The van der Waals surface area contributed by atoms with Gasteiger partial charge in [0.05, 0.1) is 11.4 Å². The summed E-state index contributed by atoms with van der Waals surface area (Å²) in [6.45, 7) is 2.25. The van der Waals surface area contributed by atoms with Crippen molar-refractivity contribution in [2.75, 3.05) is 37.3 Å². The molecule has 0 saturated carbocycles. The van der Waals surface area contributed by atoms with Gasteiger partial charge in [-0.1, -0.05) is 35.4 Å². The summed E-state index contributed by atoms with van der Waals surface area (Å²) in [5, 5.41) is 12.0. The lowest BCUT2D eigenvalue weighted by Gasteiger charge is -2.34. The fourth-order valence-corrected chi connectivity index (χ4v) is 4.29. The van der Waals surface area contributed by atoms with Crippen LogP contribution in [0.25, 0.3) is 5.69 Å². The molecule has 9 nitrogen and oxygen atoms in total. The minimum atomic E-state index is -3.16. The highest BCUT2D eigenvalue weighted by molar-refractivity contribution is 7.89. The van der Waals surface area contributed by atoms with Gasteiger partial charge >= 0.3 is 0 Å². The SMILES string of the molecule is CS(=O)(=O)Cc1cccc(C(=O)N2CCN(c3nnnn3-c3ccccc3)CC2)c1. The molecule has 0 N–H and O–H groups in total. The summed E-state index contributed by atoms with van der Waals surface area (Å²) < 4.78 is 24.8. The highest BCUT2D eigenvalue weighted by Gasteiger charge is 2.25. The van der Waals surface area contributed by atoms with Gasteiger partial charge in [0.2, 0.25) is 5.95 Å². The quantitative estimate of drug-likeness (QED) is 0.603. The Bertz CT molecular complexity index is 1140. The Balaban J connectivity index is 1.44. The Labute approximate surface area is 174 Å². The van der Waals surface area contributed by atoms with Crippen LogP contribution in [0.15, 0.2) is 54.6 Å². The molecule has 0 radical (unpaired) electrons. The van der Waals surface area contributed by atoms with Gasteiger partial charge in [-0.15, -0.1) is 0 Å². The number of rotatable bonds is 5. The third-order valence-electron chi connectivity index (χ3n) is 4.91. The number of amides is 1. The summed E-state index contributed by atoms with van der Waals surface area (Å²) in [4.78, 5) is 16.7. The standard InChI is InChI=1S/C20H22N6O3S/c1-30(28,29)15-16-6-5-7-17(14-16)19(27)24-10-12-25(13-11-24)20-21-22-23-26(20)18-8-3-2-4-9-18/h2-9,14H,10-13,15H2,1H3. The Kier molecular flexibility index (Phi) is 5.49. The maximum atomic E-state index is 12.9. The number of aromatic nitrogens is 4. The van der Waals surface area contributed by atoms with Crippen molar-refractivity contribution in [1.29, 1.82) is 0 Å². The number of nitrogens with zero attached hydrogens (tertiary/aromatic N) is 6. The molecule has 0 bridgehead atoms. The van der Waals surface area contributed by atoms with Crippen molar-refractivity contribution in [3.05, 3.63) is 65.7 Å². The van der Waals surface area contributed by atoms with Crippen molar-refractivity contribution >= 4 is 21.7 Å². The van der Waals surface area contributed by atoms with Gasteiger partial charge in [-0.2, -0.15) is 4.68 Å². The van der Waals surface area contributed by atoms with E-state index in [0.29, 0.717) is 43.3 Å². The molecule has 1 aliphatic rings. The molecule has 2 heterocycles. The Hall–Kier alpha value is -3.27. The van der Waals surface area contributed by atoms with Crippen LogP contribution in [-0.2, 0) is 15.6 Å². The molecule has 1 fully saturated rings. The lowest BCUT2D eigenvalue weighted by Crippen LogP contribution is -2.49. The summed E-state index contributed by atoms with van der Waals surface area (Å²) in [6, 6.07) is 16.5. The molecular formula is C20H22N6O3S. The molecule has 0 spiro atoms. The maximum absolute atomic E-state index is 12.9. The number of benzene rings is 2. The predicted octanol–water partition coefficient (Wildman–Crippen LogP) is 1.17. The summed E-state index contributed by atoms with van der Waals surface area (Å²) in [5.41, 5.74) is 1.99. The van der Waals surface area contributed by atoms with Crippen LogP contribution in [0, 0.1) is 0 Å². The molecule has 1 saturated heterocycles. The van der Waals surface area contributed by atoms with Gasteiger partial charge < -0.3 is 9.80 Å². The van der Waals surface area contributed by atoms with Crippen LogP contribution < -0.4 is 4.90 Å². The molecule has 0 atom stereocenters. The van der Waals surface area contributed by atoms with Gasteiger partial charge in [0, 0.05) is 38.0 Å². The van der Waals surface area contributed by atoms with Crippen molar-refractivity contribution in [3.8, 4) is 5.69 Å². The number of sulfone groups is 1. The highest BCUT2D eigenvalue weighted by atomic mass is 32.2. The molecule has 1 aromatic heterocycles. The Morgan fingerprint density at radius 3 is 2.43 bits per heavy atom. The Morgan fingerprint density at radius 2 is 1.73 bits per heavy atom. The maximum Gasteiger partial charge on any atom is 0.253 e. The predicted molar refractivity (Wildman–Crippen MR) is 112 cm³/mol. The van der Waals surface area contributed by atoms with Gasteiger partial charge in [0.1, 0.15) is 0 Å². The zero-order chi connectivity index (χ0) is 21.1. The first-order chi connectivity index (χ1) is 14.4. The minimum Gasteiger partial charge on any atom is -0.336 e. The van der Waals surface area contributed by atoms with E-state index in [9.17, 15) is 13.2 Å². The molecule has 1 amide bonds. The second kappa shape index (κ2) is 8.23. The average Bonchev–Trinajstić information content (AvgIpc) is 3.23. The molecule has 4 rings (SSSR count). The number of carbonyl (C=O) groups excluding carboxylic acids is 1. The van der Waals surface area contributed by atoms with Gasteiger partial charge in [0.25, 0.3) is 5.91 Å². The van der Waals surface area contributed by atoms with Gasteiger partial charge in [-0.3, -0.25) is 4.79 Å². The molecule has 0 unspecified atom stereocenters.